The van der Waals surface area contributed by atoms with Crippen molar-refractivity contribution in [2.75, 3.05) is 18.0 Å². The summed E-state index contributed by atoms with van der Waals surface area (Å²) >= 11 is 3.65. The molecule has 1 atom stereocenters. The van der Waals surface area contributed by atoms with E-state index in [4.69, 9.17) is 5.73 Å². The second kappa shape index (κ2) is 4.62. The molecule has 3 heteroatoms. The quantitative estimate of drug-likeness (QED) is 0.861. The standard InChI is InChI=1S/C14H21BrN2/c1-10-4-5-12(11(15)8-10)17-7-6-14(2,3)13(16)9-17/h4-5,8,13H,6-7,9,16H2,1-3H3. The van der Waals surface area contributed by atoms with E-state index in [1.54, 1.807) is 0 Å². The zero-order chi connectivity index (χ0) is 12.6. The van der Waals surface area contributed by atoms with Crippen molar-refractivity contribution in [3.05, 3.63) is 28.2 Å². The number of hydrogen-bond acceptors (Lipinski definition) is 2. The molecule has 1 aliphatic rings. The molecule has 1 fully saturated rings. The molecule has 0 amide bonds. The zero-order valence-electron chi connectivity index (χ0n) is 10.8. The van der Waals surface area contributed by atoms with Crippen LogP contribution in [0.15, 0.2) is 22.7 Å². The third kappa shape index (κ3) is 2.66. The smallest absolute Gasteiger partial charge is 0.0511 e. The SMILES string of the molecule is Cc1ccc(N2CCC(C)(C)C(N)C2)c(Br)c1. The first-order chi connectivity index (χ1) is 7.90. The molecule has 1 unspecified atom stereocenters. The number of halogens is 1. The van der Waals surface area contributed by atoms with Crippen molar-refractivity contribution in [1.29, 1.82) is 0 Å². The van der Waals surface area contributed by atoms with Crippen molar-refractivity contribution in [2.24, 2.45) is 11.1 Å². The Morgan fingerprint density at radius 2 is 2.12 bits per heavy atom. The van der Waals surface area contributed by atoms with Crippen LogP contribution < -0.4 is 10.6 Å². The van der Waals surface area contributed by atoms with Crippen molar-refractivity contribution < 1.29 is 0 Å². The number of rotatable bonds is 1. The molecule has 2 rings (SSSR count). The summed E-state index contributed by atoms with van der Waals surface area (Å²) in [4.78, 5) is 2.39. The fourth-order valence-corrected chi connectivity index (χ4v) is 3.02. The molecule has 0 spiro atoms. The van der Waals surface area contributed by atoms with Crippen LogP contribution in [0.4, 0.5) is 5.69 Å². The first-order valence-corrected chi connectivity index (χ1v) is 6.96. The average Bonchev–Trinajstić information content (AvgIpc) is 2.23. The van der Waals surface area contributed by atoms with Gasteiger partial charge in [-0.3, -0.25) is 0 Å². The summed E-state index contributed by atoms with van der Waals surface area (Å²) in [6.45, 7) is 8.66. The maximum absolute atomic E-state index is 6.26. The van der Waals surface area contributed by atoms with Crippen LogP contribution in [0.1, 0.15) is 25.8 Å². The van der Waals surface area contributed by atoms with Crippen LogP contribution in [0.25, 0.3) is 0 Å². The summed E-state index contributed by atoms with van der Waals surface area (Å²) < 4.78 is 1.17. The second-order valence-corrected chi connectivity index (χ2v) is 6.60. The minimum Gasteiger partial charge on any atom is -0.369 e. The number of nitrogens with zero attached hydrogens (tertiary/aromatic N) is 1. The molecule has 0 saturated carbocycles. The molecule has 2 nitrogen and oxygen atoms in total. The summed E-state index contributed by atoms with van der Waals surface area (Å²) in [7, 11) is 0. The molecule has 1 aromatic carbocycles. The van der Waals surface area contributed by atoms with Crippen molar-refractivity contribution >= 4 is 21.6 Å². The summed E-state index contributed by atoms with van der Waals surface area (Å²) in [5.41, 5.74) is 9.07. The fourth-order valence-electron chi connectivity index (χ4n) is 2.27. The van der Waals surface area contributed by atoms with Gasteiger partial charge in [-0.15, -0.1) is 0 Å². The highest BCUT2D eigenvalue weighted by Gasteiger charge is 2.33. The van der Waals surface area contributed by atoms with E-state index in [0.717, 1.165) is 19.5 Å². The van der Waals surface area contributed by atoms with Gasteiger partial charge in [-0.25, -0.2) is 0 Å². The molecule has 94 valence electrons. The minimum atomic E-state index is 0.240. The highest BCUT2D eigenvalue weighted by Crippen LogP contribution is 2.34. The Kier molecular flexibility index (Phi) is 3.50. The normalized spacial score (nSPS) is 23.8. The highest BCUT2D eigenvalue weighted by atomic mass is 79.9. The number of anilines is 1. The molecule has 0 aliphatic carbocycles. The van der Waals surface area contributed by atoms with Gasteiger partial charge in [0.05, 0.1) is 5.69 Å². The maximum Gasteiger partial charge on any atom is 0.0511 e. The lowest BCUT2D eigenvalue weighted by Crippen LogP contribution is -2.53. The summed E-state index contributed by atoms with van der Waals surface area (Å²) in [5, 5.41) is 0. The largest absolute Gasteiger partial charge is 0.369 e. The van der Waals surface area contributed by atoms with Gasteiger partial charge in [0, 0.05) is 23.6 Å². The van der Waals surface area contributed by atoms with Gasteiger partial charge >= 0.3 is 0 Å². The third-order valence-electron chi connectivity index (χ3n) is 3.89. The lowest BCUT2D eigenvalue weighted by Gasteiger charge is -2.43. The summed E-state index contributed by atoms with van der Waals surface area (Å²) in [6.07, 6.45) is 1.15. The monoisotopic (exact) mass is 296 g/mol. The molecule has 0 bridgehead atoms. The van der Waals surface area contributed by atoms with E-state index in [-0.39, 0.29) is 11.5 Å². The zero-order valence-corrected chi connectivity index (χ0v) is 12.4. The second-order valence-electron chi connectivity index (χ2n) is 5.75. The average molecular weight is 297 g/mol. The van der Waals surface area contributed by atoms with Crippen LogP contribution in [0.5, 0.6) is 0 Å². The van der Waals surface area contributed by atoms with Gasteiger partial charge in [0.2, 0.25) is 0 Å². The van der Waals surface area contributed by atoms with E-state index >= 15 is 0 Å². The Bertz CT molecular complexity index is 415. The van der Waals surface area contributed by atoms with Crippen molar-refractivity contribution in [1.82, 2.24) is 0 Å². The molecule has 0 aromatic heterocycles. The Labute approximate surface area is 112 Å². The molecular formula is C14H21BrN2. The van der Waals surface area contributed by atoms with E-state index in [0.29, 0.717) is 0 Å². The molecule has 1 aliphatic heterocycles. The van der Waals surface area contributed by atoms with Crippen LogP contribution in [-0.4, -0.2) is 19.1 Å². The van der Waals surface area contributed by atoms with Gasteiger partial charge in [0.15, 0.2) is 0 Å². The fraction of sp³-hybridized carbons (Fsp3) is 0.571. The van der Waals surface area contributed by atoms with Crippen LogP contribution in [-0.2, 0) is 0 Å². The van der Waals surface area contributed by atoms with Gasteiger partial charge in [0.25, 0.3) is 0 Å². The van der Waals surface area contributed by atoms with Gasteiger partial charge in [0.1, 0.15) is 0 Å². The Morgan fingerprint density at radius 3 is 2.71 bits per heavy atom. The number of benzene rings is 1. The van der Waals surface area contributed by atoms with E-state index in [9.17, 15) is 0 Å². The number of aryl methyl sites for hydroxylation is 1. The van der Waals surface area contributed by atoms with E-state index < -0.39 is 0 Å². The first-order valence-electron chi connectivity index (χ1n) is 6.17. The maximum atomic E-state index is 6.26. The summed E-state index contributed by atoms with van der Waals surface area (Å²) in [5.74, 6) is 0. The van der Waals surface area contributed by atoms with Crippen LogP contribution in [0.2, 0.25) is 0 Å². The van der Waals surface area contributed by atoms with Gasteiger partial charge < -0.3 is 10.6 Å². The van der Waals surface area contributed by atoms with E-state index in [1.807, 2.05) is 0 Å². The predicted octanol–water partition coefficient (Wildman–Crippen LogP) is 3.32. The van der Waals surface area contributed by atoms with Gasteiger partial charge in [-0.1, -0.05) is 19.9 Å². The third-order valence-corrected chi connectivity index (χ3v) is 4.53. The topological polar surface area (TPSA) is 29.3 Å². The molecule has 0 radical (unpaired) electrons. The Balaban J connectivity index is 2.19. The van der Waals surface area contributed by atoms with E-state index in [2.05, 4.69) is 59.8 Å². The van der Waals surface area contributed by atoms with E-state index in [1.165, 1.54) is 15.7 Å². The van der Waals surface area contributed by atoms with Crippen molar-refractivity contribution in [3.8, 4) is 0 Å². The van der Waals surface area contributed by atoms with Crippen LogP contribution in [0.3, 0.4) is 0 Å². The molecule has 1 saturated heterocycles. The Morgan fingerprint density at radius 1 is 1.41 bits per heavy atom. The first kappa shape index (κ1) is 12.9. The highest BCUT2D eigenvalue weighted by molar-refractivity contribution is 9.10. The van der Waals surface area contributed by atoms with Crippen LogP contribution >= 0.6 is 15.9 Å². The number of hydrogen-bond donors (Lipinski definition) is 1. The lowest BCUT2D eigenvalue weighted by atomic mass is 9.78. The van der Waals surface area contributed by atoms with Gasteiger partial charge in [-0.05, 0) is 52.4 Å². The molecule has 2 N–H and O–H groups in total. The lowest BCUT2D eigenvalue weighted by molar-refractivity contribution is 0.235. The molecule has 1 aromatic rings. The summed E-state index contributed by atoms with van der Waals surface area (Å²) in [6, 6.07) is 6.75. The molecule has 17 heavy (non-hydrogen) atoms. The van der Waals surface area contributed by atoms with Crippen molar-refractivity contribution in [2.45, 2.75) is 33.2 Å². The predicted molar refractivity (Wildman–Crippen MR) is 77.5 cm³/mol. The molecular weight excluding hydrogens is 276 g/mol. The Hall–Kier alpha value is -0.540. The number of piperidine rings is 1. The molecule has 1 heterocycles. The van der Waals surface area contributed by atoms with Crippen LogP contribution in [0, 0.1) is 12.3 Å². The minimum absolute atomic E-state index is 0.240. The number of nitrogens with two attached hydrogens (primary N) is 1. The van der Waals surface area contributed by atoms with Gasteiger partial charge in [-0.2, -0.15) is 0 Å². The van der Waals surface area contributed by atoms with Crippen molar-refractivity contribution in [3.63, 3.8) is 0 Å².